The summed E-state index contributed by atoms with van der Waals surface area (Å²) in [7, 11) is 0. The number of nitro benzene ring substituents is 1. The highest BCUT2D eigenvalue weighted by Crippen LogP contribution is 2.21. The molecule has 0 aromatic heterocycles. The van der Waals surface area contributed by atoms with E-state index in [2.05, 4.69) is 37.2 Å². The van der Waals surface area contributed by atoms with Crippen LogP contribution in [0.2, 0.25) is 0 Å². The molecule has 9 heteroatoms. The normalized spacial score (nSPS) is 11.6. The molecule has 0 unspecified atom stereocenters. The van der Waals surface area contributed by atoms with Gasteiger partial charge in [0.1, 0.15) is 6.04 Å². The number of para-hydroxylation sites is 1. The van der Waals surface area contributed by atoms with Crippen molar-refractivity contribution in [3.8, 4) is 0 Å². The highest BCUT2D eigenvalue weighted by molar-refractivity contribution is 9.11. The molecule has 0 saturated carbocycles. The van der Waals surface area contributed by atoms with Gasteiger partial charge >= 0.3 is 0 Å². The fourth-order valence-electron chi connectivity index (χ4n) is 2.23. The predicted molar refractivity (Wildman–Crippen MR) is 99.1 cm³/mol. The van der Waals surface area contributed by atoms with E-state index in [9.17, 15) is 19.7 Å². The maximum absolute atomic E-state index is 12.4. The number of hydrogen-bond acceptors (Lipinski definition) is 4. The number of carbonyl (C=O) groups excluding carboxylic acids is 2. The average molecular weight is 471 g/mol. The Hall–Kier alpha value is -2.26. The molecular formula is C16H13Br2N3O4. The van der Waals surface area contributed by atoms with Gasteiger partial charge in [0.05, 0.1) is 4.92 Å². The molecule has 0 aliphatic heterocycles. The van der Waals surface area contributed by atoms with Crippen molar-refractivity contribution >= 4 is 49.4 Å². The second-order valence-corrected chi connectivity index (χ2v) is 7.01. The first-order chi connectivity index (χ1) is 11.8. The second kappa shape index (κ2) is 8.21. The topological polar surface area (TPSA) is 115 Å². The number of nitrogens with one attached hydrogen (secondary N) is 1. The van der Waals surface area contributed by atoms with Crippen LogP contribution in [0.15, 0.2) is 51.4 Å². The van der Waals surface area contributed by atoms with Gasteiger partial charge < -0.3 is 11.1 Å². The molecule has 0 fully saturated rings. The fourth-order valence-corrected chi connectivity index (χ4v) is 3.52. The summed E-state index contributed by atoms with van der Waals surface area (Å²) in [6.45, 7) is 0. The van der Waals surface area contributed by atoms with Crippen molar-refractivity contribution in [2.75, 3.05) is 0 Å². The number of benzene rings is 2. The first-order valence-corrected chi connectivity index (χ1v) is 8.65. The summed E-state index contributed by atoms with van der Waals surface area (Å²) in [4.78, 5) is 34.6. The predicted octanol–water partition coefficient (Wildman–Crippen LogP) is 2.95. The zero-order chi connectivity index (χ0) is 18.6. The number of hydrogen-bond donors (Lipinski definition) is 2. The zero-order valence-electron chi connectivity index (χ0n) is 12.7. The highest BCUT2D eigenvalue weighted by atomic mass is 79.9. The highest BCUT2D eigenvalue weighted by Gasteiger charge is 2.23. The van der Waals surface area contributed by atoms with E-state index in [1.54, 1.807) is 24.3 Å². The molecule has 2 aromatic carbocycles. The number of halogens is 2. The summed E-state index contributed by atoms with van der Waals surface area (Å²) in [6, 6.07) is 9.86. The molecule has 0 aliphatic rings. The molecule has 3 N–H and O–H groups in total. The number of amides is 2. The lowest BCUT2D eigenvalue weighted by molar-refractivity contribution is -0.385. The summed E-state index contributed by atoms with van der Waals surface area (Å²) >= 11 is 6.56. The van der Waals surface area contributed by atoms with Gasteiger partial charge in [0.2, 0.25) is 5.91 Å². The van der Waals surface area contributed by atoms with Gasteiger partial charge in [-0.1, -0.05) is 50.1 Å². The smallest absolute Gasteiger partial charge is 0.272 e. The number of rotatable bonds is 6. The van der Waals surface area contributed by atoms with Crippen molar-refractivity contribution in [1.29, 1.82) is 0 Å². The van der Waals surface area contributed by atoms with Gasteiger partial charge in [-0.25, -0.2) is 0 Å². The molecular weight excluding hydrogens is 458 g/mol. The molecule has 0 spiro atoms. The molecule has 2 rings (SSSR count). The lowest BCUT2D eigenvalue weighted by atomic mass is 10.0. The average Bonchev–Trinajstić information content (AvgIpc) is 2.53. The minimum Gasteiger partial charge on any atom is -0.368 e. The van der Waals surface area contributed by atoms with E-state index in [1.807, 2.05) is 0 Å². The Balaban J connectivity index is 2.23. The van der Waals surface area contributed by atoms with Crippen LogP contribution >= 0.6 is 31.9 Å². The monoisotopic (exact) mass is 469 g/mol. The van der Waals surface area contributed by atoms with Crippen LogP contribution < -0.4 is 11.1 Å². The molecule has 0 aliphatic carbocycles. The fraction of sp³-hybridized carbons (Fsp3) is 0.125. The van der Waals surface area contributed by atoms with Crippen LogP contribution in [0.25, 0.3) is 0 Å². The quantitative estimate of drug-likeness (QED) is 0.498. The van der Waals surface area contributed by atoms with Gasteiger partial charge in [0.25, 0.3) is 11.6 Å². The van der Waals surface area contributed by atoms with E-state index >= 15 is 0 Å². The van der Waals surface area contributed by atoms with E-state index in [0.29, 0.717) is 20.1 Å². The number of carbonyl (C=O) groups is 2. The van der Waals surface area contributed by atoms with E-state index in [1.165, 1.54) is 18.2 Å². The second-order valence-electron chi connectivity index (χ2n) is 5.18. The van der Waals surface area contributed by atoms with Crippen LogP contribution in [-0.2, 0) is 11.2 Å². The standard InChI is InChI=1S/C16H13Br2N3O4/c17-11-5-10(6-12(18)8-11)16(23)20-13(15(19)22)7-9-3-1-2-4-14(9)21(24)25/h1-6,8,13H,7H2,(H2,19,22)(H,20,23)/t13-/m0/s1. The van der Waals surface area contributed by atoms with Crippen LogP contribution in [-0.4, -0.2) is 22.8 Å². The van der Waals surface area contributed by atoms with Gasteiger partial charge in [-0.15, -0.1) is 0 Å². The van der Waals surface area contributed by atoms with Crippen LogP contribution in [0.3, 0.4) is 0 Å². The maximum Gasteiger partial charge on any atom is 0.272 e. The van der Waals surface area contributed by atoms with Crippen LogP contribution in [0.5, 0.6) is 0 Å². The minimum atomic E-state index is -1.08. The summed E-state index contributed by atoms with van der Waals surface area (Å²) < 4.78 is 1.36. The summed E-state index contributed by atoms with van der Waals surface area (Å²) in [6.07, 6.45) is -0.0760. The Labute approximate surface area is 160 Å². The molecule has 130 valence electrons. The zero-order valence-corrected chi connectivity index (χ0v) is 15.9. The van der Waals surface area contributed by atoms with Gasteiger partial charge in [-0.2, -0.15) is 0 Å². The molecule has 25 heavy (non-hydrogen) atoms. The Bertz CT molecular complexity index is 822. The lowest BCUT2D eigenvalue weighted by Crippen LogP contribution is -2.45. The van der Waals surface area contributed by atoms with Gasteiger partial charge in [0.15, 0.2) is 0 Å². The van der Waals surface area contributed by atoms with Gasteiger partial charge in [-0.3, -0.25) is 19.7 Å². The number of primary amides is 1. The van der Waals surface area contributed by atoms with Crippen molar-refractivity contribution in [2.45, 2.75) is 12.5 Å². The van der Waals surface area contributed by atoms with Crippen molar-refractivity contribution in [2.24, 2.45) is 5.73 Å². The molecule has 0 saturated heterocycles. The third-order valence-corrected chi connectivity index (χ3v) is 4.30. The van der Waals surface area contributed by atoms with Crippen molar-refractivity contribution in [3.05, 3.63) is 72.7 Å². The number of nitro groups is 1. The van der Waals surface area contributed by atoms with Gasteiger partial charge in [-0.05, 0) is 18.2 Å². The van der Waals surface area contributed by atoms with Crippen LogP contribution in [0, 0.1) is 10.1 Å². The third kappa shape index (κ3) is 5.10. The number of nitrogens with two attached hydrogens (primary N) is 1. The Morgan fingerprint density at radius 1 is 1.16 bits per heavy atom. The van der Waals surface area contributed by atoms with E-state index in [4.69, 9.17) is 5.73 Å². The van der Waals surface area contributed by atoms with Crippen molar-refractivity contribution < 1.29 is 14.5 Å². The van der Waals surface area contributed by atoms with E-state index < -0.39 is 22.8 Å². The summed E-state index contributed by atoms with van der Waals surface area (Å²) in [5.41, 5.74) is 5.85. The number of nitrogens with zero attached hydrogens (tertiary/aromatic N) is 1. The van der Waals surface area contributed by atoms with E-state index in [0.717, 1.165) is 0 Å². The largest absolute Gasteiger partial charge is 0.368 e. The molecule has 0 heterocycles. The summed E-state index contributed by atoms with van der Waals surface area (Å²) in [5.74, 6) is -1.29. The van der Waals surface area contributed by atoms with Gasteiger partial charge in [0, 0.05) is 32.6 Å². The first kappa shape index (κ1) is 19.1. The molecule has 1 atom stereocenters. The summed E-state index contributed by atoms with van der Waals surface area (Å²) in [5, 5.41) is 13.6. The Morgan fingerprint density at radius 2 is 1.76 bits per heavy atom. The first-order valence-electron chi connectivity index (χ1n) is 7.06. The molecule has 0 radical (unpaired) electrons. The lowest BCUT2D eigenvalue weighted by Gasteiger charge is -2.16. The van der Waals surface area contributed by atoms with Crippen LogP contribution in [0.4, 0.5) is 5.69 Å². The maximum atomic E-state index is 12.4. The Morgan fingerprint density at radius 3 is 2.32 bits per heavy atom. The van der Waals surface area contributed by atoms with Crippen molar-refractivity contribution in [1.82, 2.24) is 5.32 Å². The molecule has 2 aromatic rings. The third-order valence-electron chi connectivity index (χ3n) is 3.39. The van der Waals surface area contributed by atoms with Crippen LogP contribution in [0.1, 0.15) is 15.9 Å². The Kier molecular flexibility index (Phi) is 6.27. The molecule has 7 nitrogen and oxygen atoms in total. The SMILES string of the molecule is NC(=O)[C@H](Cc1ccccc1[N+](=O)[O-])NC(=O)c1cc(Br)cc(Br)c1. The molecule has 2 amide bonds. The minimum absolute atomic E-state index is 0.0760. The molecule has 0 bridgehead atoms. The van der Waals surface area contributed by atoms with E-state index in [-0.39, 0.29) is 12.1 Å². The van der Waals surface area contributed by atoms with Crippen molar-refractivity contribution in [3.63, 3.8) is 0 Å².